The first kappa shape index (κ1) is 12.3. The second-order valence-corrected chi connectivity index (χ2v) is 5.02. The third-order valence-electron chi connectivity index (χ3n) is 1.41. The van der Waals surface area contributed by atoms with Crippen molar-refractivity contribution < 1.29 is 18.1 Å². The Hall–Kier alpha value is 0.347. The molecular weight excluding hydrogens is 200 g/mol. The van der Waals surface area contributed by atoms with Crippen LogP contribution in [0.1, 0.15) is 13.3 Å². The van der Waals surface area contributed by atoms with Crippen LogP contribution in [0, 0.1) is 0 Å². The minimum Gasteiger partial charge on any atom is -0.367 e. The standard InChI is InChI=1S/C6H15ClO4Si/c1-4-6(7)5-11-12(8,9-2)10-3/h6,8H,4-5H2,1-3H3. The van der Waals surface area contributed by atoms with Crippen LogP contribution < -0.4 is 0 Å². The van der Waals surface area contributed by atoms with E-state index >= 15 is 0 Å². The Morgan fingerprint density at radius 3 is 2.25 bits per heavy atom. The first-order chi connectivity index (χ1) is 5.58. The molecule has 0 fully saturated rings. The lowest BCUT2D eigenvalue weighted by molar-refractivity contribution is 0.0232. The Labute approximate surface area is 78.9 Å². The van der Waals surface area contributed by atoms with Gasteiger partial charge in [-0.1, -0.05) is 6.92 Å². The normalized spacial score (nSPS) is 14.8. The summed E-state index contributed by atoms with van der Waals surface area (Å²) in [6.45, 7) is 2.17. The van der Waals surface area contributed by atoms with Gasteiger partial charge in [-0.05, 0) is 6.42 Å². The number of alkyl halides is 1. The summed E-state index contributed by atoms with van der Waals surface area (Å²) >= 11 is 5.76. The maximum atomic E-state index is 9.39. The molecule has 1 atom stereocenters. The van der Waals surface area contributed by atoms with Crippen LogP contribution in [0.3, 0.4) is 0 Å². The van der Waals surface area contributed by atoms with Crippen molar-refractivity contribution in [2.75, 3.05) is 20.8 Å². The monoisotopic (exact) mass is 214 g/mol. The highest BCUT2D eigenvalue weighted by atomic mass is 35.5. The molecule has 0 aromatic carbocycles. The lowest BCUT2D eigenvalue weighted by Gasteiger charge is -2.19. The largest absolute Gasteiger partial charge is 0.676 e. The smallest absolute Gasteiger partial charge is 0.367 e. The van der Waals surface area contributed by atoms with Gasteiger partial charge in [-0.25, -0.2) is 0 Å². The minimum absolute atomic E-state index is 0.116. The Kier molecular flexibility index (Phi) is 6.07. The van der Waals surface area contributed by atoms with E-state index in [0.717, 1.165) is 6.42 Å². The van der Waals surface area contributed by atoms with Gasteiger partial charge in [0.25, 0.3) is 0 Å². The van der Waals surface area contributed by atoms with Crippen molar-refractivity contribution in [3.05, 3.63) is 0 Å². The summed E-state index contributed by atoms with van der Waals surface area (Å²) in [5.74, 6) is 0. The van der Waals surface area contributed by atoms with Crippen molar-refractivity contribution in [2.45, 2.75) is 18.7 Å². The van der Waals surface area contributed by atoms with Crippen LogP contribution in [-0.2, 0) is 13.3 Å². The summed E-state index contributed by atoms with van der Waals surface area (Å²) in [6.07, 6.45) is 0.777. The van der Waals surface area contributed by atoms with Crippen molar-refractivity contribution in [2.24, 2.45) is 0 Å². The molecule has 12 heavy (non-hydrogen) atoms. The summed E-state index contributed by atoms with van der Waals surface area (Å²) in [4.78, 5) is 9.39. The molecule has 74 valence electrons. The quantitative estimate of drug-likeness (QED) is 0.524. The van der Waals surface area contributed by atoms with E-state index in [1.165, 1.54) is 14.2 Å². The number of hydrogen-bond acceptors (Lipinski definition) is 4. The lowest BCUT2D eigenvalue weighted by Crippen LogP contribution is -2.45. The first-order valence-corrected chi connectivity index (χ1v) is 5.79. The van der Waals surface area contributed by atoms with E-state index in [2.05, 4.69) is 8.85 Å². The lowest BCUT2D eigenvalue weighted by atomic mass is 10.4. The number of hydrogen-bond donors (Lipinski definition) is 1. The summed E-state index contributed by atoms with van der Waals surface area (Å²) in [6, 6.07) is 0. The van der Waals surface area contributed by atoms with E-state index in [1.54, 1.807) is 0 Å². The molecule has 1 unspecified atom stereocenters. The zero-order chi connectivity index (χ0) is 9.61. The Bertz CT molecular complexity index is 120. The molecule has 0 radical (unpaired) electrons. The van der Waals surface area contributed by atoms with Crippen molar-refractivity contribution in [1.82, 2.24) is 0 Å². The molecule has 0 aromatic rings. The Morgan fingerprint density at radius 2 is 1.92 bits per heavy atom. The van der Waals surface area contributed by atoms with E-state index in [4.69, 9.17) is 16.0 Å². The summed E-state index contributed by atoms with van der Waals surface area (Å²) in [5, 5.41) is -0.116. The van der Waals surface area contributed by atoms with Crippen molar-refractivity contribution >= 4 is 20.6 Å². The molecule has 0 amide bonds. The molecule has 0 aliphatic carbocycles. The molecule has 0 aliphatic rings. The minimum atomic E-state index is -3.36. The summed E-state index contributed by atoms with van der Waals surface area (Å²) in [5.41, 5.74) is 0. The van der Waals surface area contributed by atoms with Gasteiger partial charge < -0.3 is 18.1 Å². The summed E-state index contributed by atoms with van der Waals surface area (Å²) in [7, 11) is -0.684. The van der Waals surface area contributed by atoms with Gasteiger partial charge in [-0.3, -0.25) is 0 Å². The van der Waals surface area contributed by atoms with Gasteiger partial charge in [-0.2, -0.15) is 0 Å². The fourth-order valence-corrected chi connectivity index (χ4v) is 1.50. The van der Waals surface area contributed by atoms with Gasteiger partial charge in [0.2, 0.25) is 0 Å². The molecule has 1 N–H and O–H groups in total. The molecule has 0 saturated heterocycles. The van der Waals surface area contributed by atoms with Crippen LogP contribution in [-0.4, -0.2) is 40.0 Å². The zero-order valence-electron chi connectivity index (χ0n) is 7.54. The van der Waals surface area contributed by atoms with E-state index < -0.39 is 9.05 Å². The van der Waals surface area contributed by atoms with E-state index in [0.29, 0.717) is 0 Å². The molecular formula is C6H15ClO4Si. The predicted molar refractivity (Wildman–Crippen MR) is 47.9 cm³/mol. The number of halogens is 1. The topological polar surface area (TPSA) is 47.9 Å². The highest BCUT2D eigenvalue weighted by molar-refractivity contribution is 6.51. The van der Waals surface area contributed by atoms with Crippen molar-refractivity contribution in [1.29, 1.82) is 0 Å². The van der Waals surface area contributed by atoms with E-state index in [-0.39, 0.29) is 12.0 Å². The predicted octanol–water partition coefficient (Wildman–Crippen LogP) is 0.741. The second-order valence-electron chi connectivity index (χ2n) is 2.25. The van der Waals surface area contributed by atoms with Gasteiger partial charge >= 0.3 is 9.05 Å². The van der Waals surface area contributed by atoms with Crippen LogP contribution >= 0.6 is 11.6 Å². The first-order valence-electron chi connectivity index (χ1n) is 3.68. The number of rotatable bonds is 6. The van der Waals surface area contributed by atoms with Gasteiger partial charge in [-0.15, -0.1) is 11.6 Å². The van der Waals surface area contributed by atoms with Gasteiger partial charge in [0, 0.05) is 14.2 Å². The second kappa shape index (κ2) is 5.90. The van der Waals surface area contributed by atoms with Crippen LogP contribution in [0.15, 0.2) is 0 Å². The highest BCUT2D eigenvalue weighted by Gasteiger charge is 2.38. The SMILES string of the molecule is CCC(Cl)CO[Si](O)(OC)OC. The van der Waals surface area contributed by atoms with Gasteiger partial charge in [0.05, 0.1) is 12.0 Å². The van der Waals surface area contributed by atoms with Crippen molar-refractivity contribution in [3.8, 4) is 0 Å². The maximum Gasteiger partial charge on any atom is 0.676 e. The third-order valence-corrected chi connectivity index (χ3v) is 3.40. The Balaban J connectivity index is 3.72. The van der Waals surface area contributed by atoms with Gasteiger partial charge in [0.1, 0.15) is 0 Å². The molecule has 4 nitrogen and oxygen atoms in total. The Morgan fingerprint density at radius 1 is 1.42 bits per heavy atom. The van der Waals surface area contributed by atoms with Crippen LogP contribution in [0.4, 0.5) is 0 Å². The maximum absolute atomic E-state index is 9.39. The van der Waals surface area contributed by atoms with E-state index in [1.807, 2.05) is 6.92 Å². The third kappa shape index (κ3) is 4.39. The van der Waals surface area contributed by atoms with Crippen LogP contribution in [0.2, 0.25) is 0 Å². The van der Waals surface area contributed by atoms with Crippen LogP contribution in [0.25, 0.3) is 0 Å². The fraction of sp³-hybridized carbons (Fsp3) is 1.00. The van der Waals surface area contributed by atoms with Crippen LogP contribution in [0.5, 0.6) is 0 Å². The molecule has 0 heterocycles. The highest BCUT2D eigenvalue weighted by Crippen LogP contribution is 2.07. The molecule has 0 spiro atoms. The molecule has 6 heteroatoms. The molecule has 0 aromatic heterocycles. The molecule has 0 bridgehead atoms. The van der Waals surface area contributed by atoms with Crippen molar-refractivity contribution in [3.63, 3.8) is 0 Å². The summed E-state index contributed by atoms with van der Waals surface area (Å²) < 4.78 is 14.3. The zero-order valence-corrected chi connectivity index (χ0v) is 9.30. The average molecular weight is 215 g/mol. The molecule has 0 rings (SSSR count). The fourth-order valence-electron chi connectivity index (χ4n) is 0.515. The van der Waals surface area contributed by atoms with Gasteiger partial charge in [0.15, 0.2) is 0 Å². The van der Waals surface area contributed by atoms with E-state index in [9.17, 15) is 4.80 Å². The molecule has 0 aliphatic heterocycles. The molecule has 0 saturated carbocycles. The average Bonchev–Trinajstić information content (AvgIpc) is 2.13.